The third-order valence-corrected chi connectivity index (χ3v) is 5.92. The average Bonchev–Trinajstić information content (AvgIpc) is 2.75. The molecule has 0 atom stereocenters. The lowest BCUT2D eigenvalue weighted by atomic mass is 10.2. The molecule has 4 rings (SSSR count). The lowest BCUT2D eigenvalue weighted by Crippen LogP contribution is -2.22. The van der Waals surface area contributed by atoms with Gasteiger partial charge in [0.25, 0.3) is 0 Å². The SMILES string of the molecule is Oc1c(N=Nc2cc(Cl)cc(Cl)c2)c2cc(Cl)ccc2n1C1CSC1. The van der Waals surface area contributed by atoms with Gasteiger partial charge in [-0.1, -0.05) is 34.8 Å². The van der Waals surface area contributed by atoms with Crippen LogP contribution in [0.1, 0.15) is 6.04 Å². The van der Waals surface area contributed by atoms with E-state index in [1.807, 2.05) is 28.5 Å². The van der Waals surface area contributed by atoms with Gasteiger partial charge >= 0.3 is 0 Å². The van der Waals surface area contributed by atoms with E-state index in [1.165, 1.54) is 0 Å². The first-order valence-corrected chi connectivity index (χ1v) is 9.80. The molecule has 4 nitrogen and oxygen atoms in total. The van der Waals surface area contributed by atoms with Crippen LogP contribution in [0.5, 0.6) is 5.88 Å². The van der Waals surface area contributed by atoms with Gasteiger partial charge in [0.2, 0.25) is 5.88 Å². The van der Waals surface area contributed by atoms with E-state index in [0.717, 1.165) is 22.4 Å². The Kier molecular flexibility index (Phi) is 4.58. The second-order valence-corrected chi connectivity index (χ2v) is 8.11. The zero-order chi connectivity index (χ0) is 17.6. The van der Waals surface area contributed by atoms with Gasteiger partial charge in [-0.3, -0.25) is 0 Å². The molecule has 0 bridgehead atoms. The minimum atomic E-state index is 0.0967. The zero-order valence-electron chi connectivity index (χ0n) is 12.8. The molecule has 0 radical (unpaired) electrons. The van der Waals surface area contributed by atoms with Gasteiger partial charge in [0.15, 0.2) is 5.69 Å². The number of fused-ring (bicyclic) bond motifs is 1. The Hall–Kier alpha value is -1.40. The monoisotopic (exact) mass is 411 g/mol. The summed E-state index contributed by atoms with van der Waals surface area (Å²) in [5, 5.41) is 21.5. The van der Waals surface area contributed by atoms with Crippen LogP contribution in [0.3, 0.4) is 0 Å². The quantitative estimate of drug-likeness (QED) is 0.470. The van der Waals surface area contributed by atoms with Crippen molar-refractivity contribution in [3.63, 3.8) is 0 Å². The van der Waals surface area contributed by atoms with E-state index in [2.05, 4.69) is 10.2 Å². The van der Waals surface area contributed by atoms with Crippen molar-refractivity contribution in [1.29, 1.82) is 0 Å². The Balaban J connectivity index is 1.84. The molecule has 1 aromatic heterocycles. The number of hydrogen-bond donors (Lipinski definition) is 1. The first-order chi connectivity index (χ1) is 12.0. The maximum absolute atomic E-state index is 10.7. The van der Waals surface area contributed by atoms with E-state index in [1.54, 1.807) is 24.3 Å². The van der Waals surface area contributed by atoms with Crippen molar-refractivity contribution in [3.8, 4) is 5.88 Å². The van der Waals surface area contributed by atoms with Gasteiger partial charge in [-0.15, -0.1) is 5.11 Å². The molecule has 0 saturated carbocycles. The Morgan fingerprint density at radius 1 is 0.960 bits per heavy atom. The van der Waals surface area contributed by atoms with E-state index < -0.39 is 0 Å². The molecule has 3 aromatic rings. The molecule has 1 aliphatic heterocycles. The fourth-order valence-electron chi connectivity index (χ4n) is 2.80. The van der Waals surface area contributed by atoms with Gasteiger partial charge in [-0.05, 0) is 36.4 Å². The summed E-state index contributed by atoms with van der Waals surface area (Å²) >= 11 is 20.0. The van der Waals surface area contributed by atoms with Crippen LogP contribution in [0.4, 0.5) is 11.4 Å². The van der Waals surface area contributed by atoms with Crippen molar-refractivity contribution < 1.29 is 5.11 Å². The van der Waals surface area contributed by atoms with Crippen LogP contribution in [0, 0.1) is 0 Å². The largest absolute Gasteiger partial charge is 0.493 e. The first-order valence-electron chi connectivity index (χ1n) is 7.51. The van der Waals surface area contributed by atoms with Crippen molar-refractivity contribution in [2.45, 2.75) is 6.04 Å². The Bertz CT molecular complexity index is 978. The van der Waals surface area contributed by atoms with Crippen LogP contribution in [-0.2, 0) is 0 Å². The number of aromatic nitrogens is 1. The smallest absolute Gasteiger partial charge is 0.221 e. The molecule has 1 aliphatic rings. The number of rotatable bonds is 3. The number of nitrogens with zero attached hydrogens (tertiary/aromatic N) is 3. The number of thioether (sulfide) groups is 1. The second-order valence-electron chi connectivity index (χ2n) is 5.72. The van der Waals surface area contributed by atoms with Crippen molar-refractivity contribution in [1.82, 2.24) is 4.57 Å². The summed E-state index contributed by atoms with van der Waals surface area (Å²) < 4.78 is 1.90. The number of azo groups is 1. The highest BCUT2D eigenvalue weighted by molar-refractivity contribution is 8.00. The minimum Gasteiger partial charge on any atom is -0.493 e. The van der Waals surface area contributed by atoms with Crippen LogP contribution in [0.25, 0.3) is 10.9 Å². The van der Waals surface area contributed by atoms with Crippen molar-refractivity contribution in [2.75, 3.05) is 11.5 Å². The van der Waals surface area contributed by atoms with E-state index >= 15 is 0 Å². The summed E-state index contributed by atoms with van der Waals surface area (Å²) in [6.45, 7) is 0. The lowest BCUT2D eigenvalue weighted by Gasteiger charge is -2.27. The van der Waals surface area contributed by atoms with Crippen molar-refractivity contribution >= 4 is 68.8 Å². The minimum absolute atomic E-state index is 0.0967. The number of hydrogen-bond acceptors (Lipinski definition) is 4. The van der Waals surface area contributed by atoms with Gasteiger partial charge in [-0.25, -0.2) is 0 Å². The van der Waals surface area contributed by atoms with Gasteiger partial charge in [0.1, 0.15) is 0 Å². The highest BCUT2D eigenvalue weighted by atomic mass is 35.5. The lowest BCUT2D eigenvalue weighted by molar-refractivity contribution is 0.406. The molecule has 128 valence electrons. The average molecular weight is 413 g/mol. The highest BCUT2D eigenvalue weighted by Crippen LogP contribution is 2.45. The molecule has 25 heavy (non-hydrogen) atoms. The van der Waals surface area contributed by atoms with Crippen LogP contribution < -0.4 is 0 Å². The first kappa shape index (κ1) is 17.0. The summed E-state index contributed by atoms with van der Waals surface area (Å²) in [6, 6.07) is 10.7. The van der Waals surface area contributed by atoms with Gasteiger partial charge in [-0.2, -0.15) is 16.9 Å². The molecule has 1 saturated heterocycles. The standard InChI is InChI=1S/C17H12Cl3N3OS/c18-9-1-2-15-14(6-9)16(17(24)23(15)13-7-25-8-13)22-21-12-4-10(19)3-11(20)5-12/h1-6,13,24H,7-8H2. The van der Waals surface area contributed by atoms with Crippen molar-refractivity contribution in [2.24, 2.45) is 10.2 Å². The summed E-state index contributed by atoms with van der Waals surface area (Å²) in [6.07, 6.45) is 0. The molecule has 0 unspecified atom stereocenters. The van der Waals surface area contributed by atoms with E-state index in [9.17, 15) is 5.11 Å². The van der Waals surface area contributed by atoms with Gasteiger partial charge < -0.3 is 9.67 Å². The fourth-order valence-corrected chi connectivity index (χ4v) is 4.23. The molecular formula is C17H12Cl3N3OS. The molecular weight excluding hydrogens is 401 g/mol. The molecule has 2 heterocycles. The predicted molar refractivity (Wildman–Crippen MR) is 106 cm³/mol. The summed E-state index contributed by atoms with van der Waals surface area (Å²) in [5.74, 6) is 2.01. The topological polar surface area (TPSA) is 49.9 Å². The van der Waals surface area contributed by atoms with Crippen LogP contribution in [-0.4, -0.2) is 21.2 Å². The molecule has 0 spiro atoms. The fraction of sp³-hybridized carbons (Fsp3) is 0.176. The molecule has 1 N–H and O–H groups in total. The van der Waals surface area contributed by atoms with Crippen molar-refractivity contribution in [3.05, 3.63) is 51.5 Å². The maximum Gasteiger partial charge on any atom is 0.221 e. The molecule has 2 aromatic carbocycles. The molecule has 0 aliphatic carbocycles. The summed E-state index contributed by atoms with van der Waals surface area (Å²) in [5.41, 5.74) is 1.80. The Morgan fingerprint density at radius 3 is 2.32 bits per heavy atom. The van der Waals surface area contributed by atoms with Crippen LogP contribution in [0.2, 0.25) is 15.1 Å². The zero-order valence-corrected chi connectivity index (χ0v) is 15.9. The number of halogens is 3. The summed E-state index contributed by atoms with van der Waals surface area (Å²) in [7, 11) is 0. The van der Waals surface area contributed by atoms with E-state index in [-0.39, 0.29) is 11.9 Å². The maximum atomic E-state index is 10.7. The van der Waals surface area contributed by atoms with Crippen LogP contribution in [0.15, 0.2) is 46.6 Å². The summed E-state index contributed by atoms with van der Waals surface area (Å²) in [4.78, 5) is 0. The second kappa shape index (κ2) is 6.72. The van der Waals surface area contributed by atoms with E-state index in [0.29, 0.717) is 26.4 Å². The predicted octanol–water partition coefficient (Wildman–Crippen LogP) is 7.01. The van der Waals surface area contributed by atoms with E-state index in [4.69, 9.17) is 34.8 Å². The van der Waals surface area contributed by atoms with Gasteiger partial charge in [0, 0.05) is 32.0 Å². The Morgan fingerprint density at radius 2 is 1.68 bits per heavy atom. The number of benzene rings is 2. The number of aromatic hydroxyl groups is 1. The molecule has 0 amide bonds. The van der Waals surface area contributed by atoms with Crippen LogP contribution >= 0.6 is 46.6 Å². The third-order valence-electron chi connectivity index (χ3n) is 4.01. The highest BCUT2D eigenvalue weighted by Gasteiger charge is 2.27. The van der Waals surface area contributed by atoms with Gasteiger partial charge in [0.05, 0.1) is 17.2 Å². The Labute approximate surface area is 163 Å². The molecule has 8 heteroatoms. The molecule has 1 fully saturated rings. The normalized spacial score (nSPS) is 15.2. The third kappa shape index (κ3) is 3.22.